The van der Waals surface area contributed by atoms with Crippen molar-refractivity contribution in [3.8, 4) is 0 Å². The predicted molar refractivity (Wildman–Crippen MR) is 75.5 cm³/mol. The lowest BCUT2D eigenvalue weighted by Crippen LogP contribution is -2.45. The maximum atomic E-state index is 11.9. The molecule has 2 amide bonds. The van der Waals surface area contributed by atoms with Crippen LogP contribution in [0.3, 0.4) is 0 Å². The van der Waals surface area contributed by atoms with Crippen molar-refractivity contribution in [2.75, 3.05) is 26.2 Å². The molecular weight excluding hydrogens is 260 g/mol. The van der Waals surface area contributed by atoms with E-state index < -0.39 is 5.97 Å². The Morgan fingerprint density at radius 2 is 2.05 bits per heavy atom. The molecule has 20 heavy (non-hydrogen) atoms. The Labute approximate surface area is 120 Å². The van der Waals surface area contributed by atoms with Gasteiger partial charge in [-0.2, -0.15) is 0 Å². The minimum absolute atomic E-state index is 0.0362. The van der Waals surface area contributed by atoms with Gasteiger partial charge in [0.1, 0.15) is 0 Å². The maximum absolute atomic E-state index is 11.9. The molecule has 0 radical (unpaired) electrons. The van der Waals surface area contributed by atoms with E-state index in [0.29, 0.717) is 18.9 Å². The van der Waals surface area contributed by atoms with E-state index in [0.717, 1.165) is 45.2 Å². The topological polar surface area (TPSA) is 89.9 Å². The normalized spacial score (nSPS) is 18.9. The molecule has 1 aliphatic heterocycles. The molecule has 3 N–H and O–H groups in total. The molecule has 0 saturated carbocycles. The first-order chi connectivity index (χ1) is 9.63. The third-order valence-electron chi connectivity index (χ3n) is 3.69. The van der Waals surface area contributed by atoms with Gasteiger partial charge in [0.2, 0.25) is 0 Å². The van der Waals surface area contributed by atoms with E-state index in [-0.39, 0.29) is 19.1 Å². The summed E-state index contributed by atoms with van der Waals surface area (Å²) in [5, 5.41) is 20.3. The maximum Gasteiger partial charge on any atom is 0.317 e. The number of carbonyl (C=O) groups is 2. The van der Waals surface area contributed by atoms with Crippen LogP contribution in [0.5, 0.6) is 0 Å². The number of hydrogen-bond acceptors (Lipinski definition) is 3. The summed E-state index contributed by atoms with van der Waals surface area (Å²) in [5.74, 6) is -0.354. The fourth-order valence-corrected chi connectivity index (χ4v) is 2.55. The number of nitrogens with one attached hydrogen (secondary N) is 1. The second-order valence-electron chi connectivity index (χ2n) is 5.40. The van der Waals surface area contributed by atoms with Crippen LogP contribution in [-0.2, 0) is 4.79 Å². The highest BCUT2D eigenvalue weighted by Crippen LogP contribution is 2.19. The molecule has 6 heteroatoms. The van der Waals surface area contributed by atoms with Crippen LogP contribution in [0.25, 0.3) is 0 Å². The molecule has 1 fully saturated rings. The quantitative estimate of drug-likeness (QED) is 0.589. The Bertz CT molecular complexity index is 308. The van der Waals surface area contributed by atoms with Crippen LogP contribution in [0.2, 0.25) is 0 Å². The van der Waals surface area contributed by atoms with Crippen LogP contribution < -0.4 is 5.32 Å². The molecule has 1 heterocycles. The van der Waals surface area contributed by atoms with Crippen LogP contribution in [-0.4, -0.2) is 53.4 Å². The van der Waals surface area contributed by atoms with E-state index in [2.05, 4.69) is 5.32 Å². The summed E-state index contributed by atoms with van der Waals surface area (Å²) >= 11 is 0. The van der Waals surface area contributed by atoms with E-state index in [4.69, 9.17) is 10.2 Å². The van der Waals surface area contributed by atoms with Crippen LogP contribution in [0.1, 0.15) is 44.9 Å². The Hall–Kier alpha value is -1.30. The largest absolute Gasteiger partial charge is 0.481 e. The lowest BCUT2D eigenvalue weighted by molar-refractivity contribution is -0.137. The number of carbonyl (C=O) groups excluding carboxylic acids is 1. The monoisotopic (exact) mass is 286 g/mol. The van der Waals surface area contributed by atoms with Crippen LogP contribution in [0, 0.1) is 5.92 Å². The first kappa shape index (κ1) is 16.8. The van der Waals surface area contributed by atoms with Gasteiger partial charge in [-0.1, -0.05) is 6.42 Å². The van der Waals surface area contributed by atoms with Gasteiger partial charge in [-0.3, -0.25) is 4.79 Å². The Balaban J connectivity index is 2.11. The van der Waals surface area contributed by atoms with Gasteiger partial charge in [-0.15, -0.1) is 0 Å². The summed E-state index contributed by atoms with van der Waals surface area (Å²) in [6.07, 6.45) is 5.33. The van der Waals surface area contributed by atoms with Gasteiger partial charge in [0.05, 0.1) is 0 Å². The molecule has 1 unspecified atom stereocenters. The molecule has 1 aliphatic rings. The fourth-order valence-electron chi connectivity index (χ4n) is 2.55. The van der Waals surface area contributed by atoms with E-state index in [1.54, 1.807) is 0 Å². The molecule has 0 aromatic heterocycles. The second-order valence-corrected chi connectivity index (χ2v) is 5.40. The molecule has 1 atom stereocenters. The summed E-state index contributed by atoms with van der Waals surface area (Å²) in [6.45, 7) is 2.29. The third kappa shape index (κ3) is 6.75. The van der Waals surface area contributed by atoms with Crippen LogP contribution >= 0.6 is 0 Å². The minimum Gasteiger partial charge on any atom is -0.481 e. The van der Waals surface area contributed by atoms with E-state index in [1.165, 1.54) is 0 Å². The average molecular weight is 286 g/mol. The molecule has 0 bridgehead atoms. The van der Waals surface area contributed by atoms with Crippen molar-refractivity contribution >= 4 is 12.0 Å². The smallest absolute Gasteiger partial charge is 0.317 e. The predicted octanol–water partition coefficient (Wildman–Crippen LogP) is 1.44. The third-order valence-corrected chi connectivity index (χ3v) is 3.69. The number of likely N-dealkylation sites (tertiary alicyclic amines) is 1. The van der Waals surface area contributed by atoms with E-state index in [9.17, 15) is 9.59 Å². The molecule has 6 nitrogen and oxygen atoms in total. The Morgan fingerprint density at radius 3 is 2.75 bits per heavy atom. The second kappa shape index (κ2) is 9.58. The van der Waals surface area contributed by atoms with Gasteiger partial charge in [0.15, 0.2) is 0 Å². The highest BCUT2D eigenvalue weighted by atomic mass is 16.4. The molecule has 0 aromatic rings. The number of carboxylic acids is 1. The number of aliphatic hydroxyl groups excluding tert-OH is 1. The number of aliphatic carboxylic acids is 1. The standard InChI is InChI=1S/C14H26N2O4/c17-10-7-12-5-4-9-16(11-12)14(20)15-8-3-1-2-6-13(18)19/h12,17H,1-11H2,(H,15,20)(H,18,19). The summed E-state index contributed by atoms with van der Waals surface area (Å²) in [7, 11) is 0. The first-order valence-electron chi connectivity index (χ1n) is 7.49. The van der Waals surface area contributed by atoms with E-state index >= 15 is 0 Å². The lowest BCUT2D eigenvalue weighted by Gasteiger charge is -2.32. The van der Waals surface area contributed by atoms with Crippen molar-refractivity contribution in [2.24, 2.45) is 5.92 Å². The van der Waals surface area contributed by atoms with Crippen LogP contribution in [0.15, 0.2) is 0 Å². The number of amides is 2. The number of carboxylic acid groups (broad SMARTS) is 1. The molecule has 116 valence electrons. The number of piperidine rings is 1. The van der Waals surface area contributed by atoms with Crippen molar-refractivity contribution in [1.82, 2.24) is 10.2 Å². The first-order valence-corrected chi connectivity index (χ1v) is 7.49. The van der Waals surface area contributed by atoms with Gasteiger partial charge in [-0.05, 0) is 38.0 Å². The molecular formula is C14H26N2O4. The number of rotatable bonds is 8. The van der Waals surface area contributed by atoms with Crippen molar-refractivity contribution in [3.63, 3.8) is 0 Å². The summed E-state index contributed by atoms with van der Waals surface area (Å²) in [5.41, 5.74) is 0. The van der Waals surface area contributed by atoms with Crippen molar-refractivity contribution in [2.45, 2.75) is 44.9 Å². The molecule has 0 aromatic carbocycles. The number of unbranched alkanes of at least 4 members (excludes halogenated alkanes) is 2. The molecule has 0 aliphatic carbocycles. The zero-order valence-electron chi connectivity index (χ0n) is 12.0. The van der Waals surface area contributed by atoms with Gasteiger partial charge >= 0.3 is 12.0 Å². The number of nitrogens with zero attached hydrogens (tertiary/aromatic N) is 1. The minimum atomic E-state index is -0.766. The lowest BCUT2D eigenvalue weighted by atomic mass is 9.95. The van der Waals surface area contributed by atoms with Gasteiger partial charge in [0.25, 0.3) is 0 Å². The zero-order chi connectivity index (χ0) is 14.8. The van der Waals surface area contributed by atoms with Crippen molar-refractivity contribution < 1.29 is 19.8 Å². The van der Waals surface area contributed by atoms with Crippen LogP contribution in [0.4, 0.5) is 4.79 Å². The number of aliphatic hydroxyl groups is 1. The fraction of sp³-hybridized carbons (Fsp3) is 0.857. The van der Waals surface area contributed by atoms with Gasteiger partial charge < -0.3 is 20.4 Å². The SMILES string of the molecule is O=C(O)CCCCCNC(=O)N1CCCC(CCO)C1. The highest BCUT2D eigenvalue weighted by molar-refractivity contribution is 5.74. The summed E-state index contributed by atoms with van der Waals surface area (Å²) in [6, 6.07) is -0.0362. The summed E-state index contributed by atoms with van der Waals surface area (Å²) < 4.78 is 0. The Kier molecular flexibility index (Phi) is 8.02. The van der Waals surface area contributed by atoms with Gasteiger partial charge in [0, 0.05) is 32.7 Å². The molecule has 1 rings (SSSR count). The van der Waals surface area contributed by atoms with Crippen molar-refractivity contribution in [3.05, 3.63) is 0 Å². The average Bonchev–Trinajstić information content (AvgIpc) is 2.43. The summed E-state index contributed by atoms with van der Waals surface area (Å²) in [4.78, 5) is 24.1. The Morgan fingerprint density at radius 1 is 1.25 bits per heavy atom. The number of urea groups is 1. The molecule has 1 saturated heterocycles. The van der Waals surface area contributed by atoms with E-state index in [1.807, 2.05) is 4.90 Å². The van der Waals surface area contributed by atoms with Crippen molar-refractivity contribution in [1.29, 1.82) is 0 Å². The zero-order valence-corrected chi connectivity index (χ0v) is 12.0. The number of hydrogen-bond donors (Lipinski definition) is 3. The van der Waals surface area contributed by atoms with Gasteiger partial charge in [-0.25, -0.2) is 4.79 Å². The molecule has 0 spiro atoms. The highest BCUT2D eigenvalue weighted by Gasteiger charge is 2.22.